The molecule has 0 saturated carbocycles. The van der Waals surface area contributed by atoms with E-state index < -0.39 is 0 Å². The number of amides is 1. The fraction of sp³-hybridized carbons (Fsp3) is 0.375. The molecule has 1 aromatic carbocycles. The average Bonchev–Trinajstić information content (AvgIpc) is 3.13. The first-order valence-electron chi connectivity index (χ1n) is 10.4. The van der Waals surface area contributed by atoms with Gasteiger partial charge in [0.2, 0.25) is 11.8 Å². The summed E-state index contributed by atoms with van der Waals surface area (Å²) in [4.78, 5) is 19.9. The molecule has 3 aromatic rings. The maximum Gasteiger partial charge on any atom is 0.223 e. The van der Waals surface area contributed by atoms with Crippen molar-refractivity contribution >= 4 is 16.8 Å². The fourth-order valence-electron chi connectivity index (χ4n) is 3.21. The molecule has 1 aliphatic heterocycles. The van der Waals surface area contributed by atoms with Crippen LogP contribution >= 0.6 is 0 Å². The zero-order valence-corrected chi connectivity index (χ0v) is 18.3. The fourth-order valence-corrected chi connectivity index (χ4v) is 3.21. The van der Waals surface area contributed by atoms with E-state index in [1.807, 2.05) is 52.0 Å². The second kappa shape index (κ2) is 10.2. The van der Waals surface area contributed by atoms with Crippen molar-refractivity contribution in [1.29, 1.82) is 0 Å². The number of rotatable bonds is 5. The number of carbonyl (C=O) groups excluding carboxylic acids is 1. The first-order valence-corrected chi connectivity index (χ1v) is 10.4. The molecule has 3 heterocycles. The number of nitrogens with zero attached hydrogens (tertiary/aromatic N) is 2. The predicted octanol–water partition coefficient (Wildman–Crippen LogP) is 4.37. The largest absolute Gasteiger partial charge is 0.488 e. The Bertz CT molecular complexity index is 1060. The quantitative estimate of drug-likeness (QED) is 0.657. The molecule has 0 spiro atoms. The summed E-state index contributed by atoms with van der Waals surface area (Å²) in [6, 6.07) is 10.7. The van der Waals surface area contributed by atoms with Crippen molar-refractivity contribution in [3.05, 3.63) is 59.7 Å². The van der Waals surface area contributed by atoms with E-state index in [0.717, 1.165) is 22.2 Å². The van der Waals surface area contributed by atoms with Crippen LogP contribution in [0.2, 0.25) is 0 Å². The van der Waals surface area contributed by atoms with Gasteiger partial charge in [-0.2, -0.15) is 0 Å². The Kier molecular flexibility index (Phi) is 7.39. The molecule has 1 N–H and O–H groups in total. The second-order valence-corrected chi connectivity index (χ2v) is 7.92. The van der Waals surface area contributed by atoms with Gasteiger partial charge in [-0.15, -0.1) is 0 Å². The summed E-state index contributed by atoms with van der Waals surface area (Å²) in [5.74, 6) is 0.959. The minimum absolute atomic E-state index is 0.0159. The molecular formula is C24H28FN3O3. The van der Waals surface area contributed by atoms with Crippen molar-refractivity contribution in [2.75, 3.05) is 13.2 Å². The third kappa shape index (κ3) is 6.38. The average molecular weight is 426 g/mol. The first kappa shape index (κ1) is 22.5. The van der Waals surface area contributed by atoms with Crippen LogP contribution in [0.5, 0.6) is 11.6 Å². The monoisotopic (exact) mass is 425 g/mol. The summed E-state index contributed by atoms with van der Waals surface area (Å²) in [7, 11) is 0. The third-order valence-electron chi connectivity index (χ3n) is 4.66. The smallest absolute Gasteiger partial charge is 0.223 e. The highest BCUT2D eigenvalue weighted by molar-refractivity contribution is 5.83. The molecule has 0 aliphatic carbocycles. The Morgan fingerprint density at radius 1 is 1.23 bits per heavy atom. The van der Waals surface area contributed by atoms with Crippen LogP contribution in [0.25, 0.3) is 10.9 Å². The van der Waals surface area contributed by atoms with Crippen LogP contribution in [0.1, 0.15) is 31.5 Å². The molecule has 0 radical (unpaired) electrons. The third-order valence-corrected chi connectivity index (χ3v) is 4.66. The van der Waals surface area contributed by atoms with E-state index in [4.69, 9.17) is 9.47 Å². The zero-order valence-electron chi connectivity index (χ0n) is 18.3. The summed E-state index contributed by atoms with van der Waals surface area (Å²) in [5.41, 5.74) is 2.66. The van der Waals surface area contributed by atoms with E-state index in [1.165, 1.54) is 6.07 Å². The SMILES string of the molecule is Cc1cc2ncccc2c(OC[C@H]2CNC(=O)C2)n1.Cc1ccc(OC(C)C)c(F)c1. The number of aryl methyl sites for hydroxylation is 2. The van der Waals surface area contributed by atoms with Gasteiger partial charge in [0, 0.05) is 30.8 Å². The number of hydrogen-bond acceptors (Lipinski definition) is 5. The van der Waals surface area contributed by atoms with Gasteiger partial charge in [-0.1, -0.05) is 6.07 Å². The molecule has 1 aliphatic rings. The lowest BCUT2D eigenvalue weighted by Gasteiger charge is -2.11. The van der Waals surface area contributed by atoms with Gasteiger partial charge in [0.25, 0.3) is 0 Å². The van der Waals surface area contributed by atoms with Crippen LogP contribution in [-0.2, 0) is 4.79 Å². The van der Waals surface area contributed by atoms with Crippen molar-refractivity contribution in [1.82, 2.24) is 15.3 Å². The number of halogens is 1. The molecule has 31 heavy (non-hydrogen) atoms. The van der Waals surface area contributed by atoms with Crippen LogP contribution in [0.3, 0.4) is 0 Å². The number of ether oxygens (including phenoxy) is 2. The van der Waals surface area contributed by atoms with E-state index in [1.54, 1.807) is 12.3 Å². The number of carbonyl (C=O) groups is 1. The van der Waals surface area contributed by atoms with Gasteiger partial charge < -0.3 is 14.8 Å². The predicted molar refractivity (Wildman–Crippen MR) is 118 cm³/mol. The van der Waals surface area contributed by atoms with Gasteiger partial charge in [0.15, 0.2) is 11.6 Å². The molecular weight excluding hydrogens is 397 g/mol. The summed E-state index contributed by atoms with van der Waals surface area (Å²) in [5, 5.41) is 3.71. The molecule has 6 nitrogen and oxygen atoms in total. The Morgan fingerprint density at radius 3 is 2.71 bits per heavy atom. The maximum absolute atomic E-state index is 13.1. The van der Waals surface area contributed by atoms with Gasteiger partial charge in [-0.05, 0) is 63.6 Å². The Hall–Kier alpha value is -3.22. The zero-order chi connectivity index (χ0) is 22.4. The normalized spacial score (nSPS) is 15.4. The maximum atomic E-state index is 13.1. The molecule has 164 valence electrons. The highest BCUT2D eigenvalue weighted by Gasteiger charge is 2.22. The summed E-state index contributed by atoms with van der Waals surface area (Å²) < 4.78 is 24.1. The summed E-state index contributed by atoms with van der Waals surface area (Å²) in [6.45, 7) is 8.70. The van der Waals surface area contributed by atoms with Gasteiger partial charge in [0.05, 0.1) is 23.6 Å². The lowest BCUT2D eigenvalue weighted by Crippen LogP contribution is -2.17. The van der Waals surface area contributed by atoms with Gasteiger partial charge in [-0.3, -0.25) is 9.78 Å². The minimum Gasteiger partial charge on any atom is -0.488 e. The molecule has 4 rings (SSSR count). The van der Waals surface area contributed by atoms with E-state index in [2.05, 4.69) is 15.3 Å². The number of aromatic nitrogens is 2. The Balaban J connectivity index is 0.000000196. The van der Waals surface area contributed by atoms with Crippen molar-refractivity contribution < 1.29 is 18.7 Å². The van der Waals surface area contributed by atoms with Crippen LogP contribution in [0, 0.1) is 25.6 Å². The number of hydrogen-bond donors (Lipinski definition) is 1. The highest BCUT2D eigenvalue weighted by Crippen LogP contribution is 2.24. The molecule has 1 saturated heterocycles. The van der Waals surface area contributed by atoms with Crippen molar-refractivity contribution in [2.45, 2.75) is 40.2 Å². The Morgan fingerprint density at radius 2 is 2.03 bits per heavy atom. The van der Waals surface area contributed by atoms with Gasteiger partial charge >= 0.3 is 0 Å². The van der Waals surface area contributed by atoms with Crippen LogP contribution in [0.4, 0.5) is 4.39 Å². The van der Waals surface area contributed by atoms with E-state index in [-0.39, 0.29) is 23.7 Å². The Labute approximate surface area is 181 Å². The molecule has 7 heteroatoms. The van der Waals surface area contributed by atoms with Crippen molar-refractivity contribution in [3.63, 3.8) is 0 Å². The lowest BCUT2D eigenvalue weighted by atomic mass is 10.1. The van der Waals surface area contributed by atoms with Crippen LogP contribution in [0.15, 0.2) is 42.6 Å². The number of benzene rings is 1. The summed E-state index contributed by atoms with van der Waals surface area (Å²) >= 11 is 0. The standard InChI is InChI=1S/C14H15N3O2.C10H13FO/c1-9-5-12-11(3-2-4-15-12)14(17-9)19-8-10-6-13(18)16-7-10;1-7(2)12-10-5-4-8(3)6-9(10)11/h2-5,10H,6-8H2,1H3,(H,16,18);4-7H,1-3H3/t10-;/m1./s1. The lowest BCUT2D eigenvalue weighted by molar-refractivity contribution is -0.119. The van der Waals surface area contributed by atoms with E-state index in [9.17, 15) is 9.18 Å². The molecule has 1 atom stereocenters. The van der Waals surface area contributed by atoms with E-state index in [0.29, 0.717) is 31.2 Å². The van der Waals surface area contributed by atoms with Gasteiger partial charge in [0.1, 0.15) is 0 Å². The van der Waals surface area contributed by atoms with Crippen molar-refractivity contribution in [3.8, 4) is 11.6 Å². The topological polar surface area (TPSA) is 73.3 Å². The molecule has 0 bridgehead atoms. The second-order valence-electron chi connectivity index (χ2n) is 7.92. The van der Waals surface area contributed by atoms with Crippen molar-refractivity contribution in [2.24, 2.45) is 5.92 Å². The molecule has 2 aromatic heterocycles. The minimum atomic E-state index is -0.288. The summed E-state index contributed by atoms with van der Waals surface area (Å²) in [6.07, 6.45) is 2.30. The first-order chi connectivity index (χ1) is 14.8. The molecule has 0 unspecified atom stereocenters. The molecule has 1 amide bonds. The van der Waals surface area contributed by atoms with E-state index >= 15 is 0 Å². The number of fused-ring (bicyclic) bond motifs is 1. The van der Waals surface area contributed by atoms with Crippen LogP contribution < -0.4 is 14.8 Å². The highest BCUT2D eigenvalue weighted by atomic mass is 19.1. The van der Waals surface area contributed by atoms with Gasteiger partial charge in [-0.25, -0.2) is 9.37 Å². The molecule has 1 fully saturated rings. The number of nitrogens with one attached hydrogen (secondary N) is 1. The van der Waals surface area contributed by atoms with Crippen LogP contribution in [-0.4, -0.2) is 35.1 Å². The number of pyridine rings is 2.